The van der Waals surface area contributed by atoms with Crippen molar-refractivity contribution in [3.05, 3.63) is 120 Å². The fourth-order valence-corrected chi connectivity index (χ4v) is 4.00. The van der Waals surface area contributed by atoms with Crippen LogP contribution in [0.1, 0.15) is 27.8 Å². The fraction of sp³-hybridized carbons (Fsp3) is 0.115. The van der Waals surface area contributed by atoms with Crippen LogP contribution in [0.2, 0.25) is 0 Å². The molecule has 0 bridgehead atoms. The molecule has 4 aromatic rings. The van der Waals surface area contributed by atoms with Crippen LogP contribution in [0.4, 0.5) is 0 Å². The first-order valence-corrected chi connectivity index (χ1v) is 9.70. The van der Waals surface area contributed by atoms with Gasteiger partial charge in [0.2, 0.25) is 5.78 Å². The molecule has 0 spiro atoms. The van der Waals surface area contributed by atoms with E-state index >= 15 is 0 Å². The number of benzene rings is 4. The number of Topliss-reactive ketones (excluding diaryl/α,β-unsaturated/α-hetero) is 1. The van der Waals surface area contributed by atoms with Gasteiger partial charge in [-0.25, -0.2) is 0 Å². The molecule has 1 saturated heterocycles. The Morgan fingerprint density at radius 2 is 1.41 bits per heavy atom. The molecule has 2 unspecified atom stereocenters. The van der Waals surface area contributed by atoms with E-state index in [1.54, 1.807) is 0 Å². The van der Waals surface area contributed by atoms with Gasteiger partial charge in [0.05, 0.1) is 6.61 Å². The molecule has 5 rings (SSSR count). The highest BCUT2D eigenvalue weighted by molar-refractivity contribution is 6.06. The molecule has 0 saturated carbocycles. The summed E-state index contributed by atoms with van der Waals surface area (Å²) in [4.78, 5) is 13.8. The van der Waals surface area contributed by atoms with Crippen molar-refractivity contribution < 1.29 is 14.3 Å². The summed E-state index contributed by atoms with van der Waals surface area (Å²) in [6.45, 7) is 0.161. The molecule has 3 nitrogen and oxygen atoms in total. The molecular formula is C26H20O3. The lowest BCUT2D eigenvalue weighted by molar-refractivity contribution is -0.0824. The van der Waals surface area contributed by atoms with Gasteiger partial charge in [0.15, 0.2) is 11.9 Å². The summed E-state index contributed by atoms with van der Waals surface area (Å²) in [6.07, 6.45) is -0.595. The number of hydrogen-bond acceptors (Lipinski definition) is 3. The predicted molar refractivity (Wildman–Crippen MR) is 113 cm³/mol. The first kappa shape index (κ1) is 17.8. The van der Waals surface area contributed by atoms with Crippen LogP contribution in [0.3, 0.4) is 0 Å². The maximum atomic E-state index is 13.8. The van der Waals surface area contributed by atoms with Crippen LogP contribution in [0.5, 0.6) is 0 Å². The Morgan fingerprint density at radius 1 is 0.759 bits per heavy atom. The standard InChI is InChI=1S/C26H20O3/c27-24(20-11-3-1-4-12-20)26(18-28-25(29-26)21-13-5-2-6-14-21)23-17-9-15-19-10-7-8-16-22(19)23/h1-17,25H,18H2. The first-order chi connectivity index (χ1) is 14.3. The second-order valence-electron chi connectivity index (χ2n) is 7.22. The zero-order valence-corrected chi connectivity index (χ0v) is 15.8. The van der Waals surface area contributed by atoms with E-state index in [-0.39, 0.29) is 12.4 Å². The van der Waals surface area contributed by atoms with Gasteiger partial charge in [0, 0.05) is 16.7 Å². The number of fused-ring (bicyclic) bond motifs is 1. The van der Waals surface area contributed by atoms with Crippen molar-refractivity contribution in [2.24, 2.45) is 0 Å². The predicted octanol–water partition coefficient (Wildman–Crippen LogP) is 5.66. The molecule has 142 valence electrons. The van der Waals surface area contributed by atoms with E-state index in [0.717, 1.165) is 21.9 Å². The summed E-state index contributed by atoms with van der Waals surface area (Å²) in [5.74, 6) is -0.0899. The average Bonchev–Trinajstić information content (AvgIpc) is 3.26. The van der Waals surface area contributed by atoms with E-state index in [4.69, 9.17) is 9.47 Å². The van der Waals surface area contributed by atoms with Gasteiger partial charge in [-0.2, -0.15) is 0 Å². The Balaban J connectivity index is 1.67. The number of carbonyl (C=O) groups is 1. The topological polar surface area (TPSA) is 35.5 Å². The van der Waals surface area contributed by atoms with Crippen LogP contribution in [0.25, 0.3) is 10.8 Å². The van der Waals surface area contributed by atoms with E-state index in [0.29, 0.717) is 5.56 Å². The van der Waals surface area contributed by atoms with Gasteiger partial charge < -0.3 is 9.47 Å². The molecule has 1 aliphatic rings. The Morgan fingerprint density at radius 3 is 2.21 bits per heavy atom. The second kappa shape index (κ2) is 7.28. The van der Waals surface area contributed by atoms with Crippen molar-refractivity contribution in [2.75, 3.05) is 6.61 Å². The van der Waals surface area contributed by atoms with Crippen molar-refractivity contribution in [3.8, 4) is 0 Å². The lowest BCUT2D eigenvalue weighted by Crippen LogP contribution is -2.38. The molecule has 1 heterocycles. The third-order valence-corrected chi connectivity index (χ3v) is 5.45. The van der Waals surface area contributed by atoms with Gasteiger partial charge in [0.1, 0.15) is 0 Å². The van der Waals surface area contributed by atoms with Gasteiger partial charge in [-0.3, -0.25) is 4.79 Å². The quantitative estimate of drug-likeness (QED) is 0.428. The van der Waals surface area contributed by atoms with Crippen molar-refractivity contribution in [1.82, 2.24) is 0 Å². The molecule has 0 amide bonds. The monoisotopic (exact) mass is 380 g/mol. The smallest absolute Gasteiger partial charge is 0.201 e. The van der Waals surface area contributed by atoms with E-state index in [1.807, 2.05) is 103 Å². The Kier molecular flexibility index (Phi) is 4.47. The lowest BCUT2D eigenvalue weighted by Gasteiger charge is -2.28. The fourth-order valence-electron chi connectivity index (χ4n) is 4.00. The Labute approximate surface area is 169 Å². The SMILES string of the molecule is O=C(c1ccccc1)C1(c2cccc3ccccc23)COC(c2ccccc2)O1. The largest absolute Gasteiger partial charge is 0.344 e. The minimum atomic E-state index is -1.21. The molecular weight excluding hydrogens is 360 g/mol. The van der Waals surface area contributed by atoms with E-state index in [2.05, 4.69) is 0 Å². The molecule has 1 fully saturated rings. The molecule has 0 N–H and O–H groups in total. The third kappa shape index (κ3) is 3.05. The molecule has 3 heteroatoms. The maximum Gasteiger partial charge on any atom is 0.201 e. The lowest BCUT2D eigenvalue weighted by atomic mass is 9.83. The van der Waals surface area contributed by atoms with Gasteiger partial charge in [-0.1, -0.05) is 103 Å². The van der Waals surface area contributed by atoms with Gasteiger partial charge >= 0.3 is 0 Å². The van der Waals surface area contributed by atoms with Crippen molar-refractivity contribution in [3.63, 3.8) is 0 Å². The second-order valence-corrected chi connectivity index (χ2v) is 7.22. The summed E-state index contributed by atoms with van der Waals surface area (Å²) in [5, 5.41) is 2.06. The summed E-state index contributed by atoms with van der Waals surface area (Å²) in [7, 11) is 0. The van der Waals surface area contributed by atoms with Crippen molar-refractivity contribution in [2.45, 2.75) is 11.9 Å². The molecule has 0 aromatic heterocycles. The number of hydrogen-bond donors (Lipinski definition) is 0. The highest BCUT2D eigenvalue weighted by Gasteiger charge is 2.50. The molecule has 4 aromatic carbocycles. The molecule has 0 aliphatic carbocycles. The Bertz CT molecular complexity index is 1150. The summed E-state index contributed by atoms with van der Waals surface area (Å²) < 4.78 is 12.5. The minimum Gasteiger partial charge on any atom is -0.344 e. The van der Waals surface area contributed by atoms with Gasteiger partial charge in [-0.15, -0.1) is 0 Å². The van der Waals surface area contributed by atoms with E-state index < -0.39 is 11.9 Å². The van der Waals surface area contributed by atoms with Crippen LogP contribution >= 0.6 is 0 Å². The molecule has 2 atom stereocenters. The van der Waals surface area contributed by atoms with Crippen LogP contribution in [-0.4, -0.2) is 12.4 Å². The van der Waals surface area contributed by atoms with Crippen LogP contribution in [0, 0.1) is 0 Å². The van der Waals surface area contributed by atoms with Gasteiger partial charge in [-0.05, 0) is 10.8 Å². The molecule has 1 aliphatic heterocycles. The van der Waals surface area contributed by atoms with Crippen molar-refractivity contribution in [1.29, 1.82) is 0 Å². The third-order valence-electron chi connectivity index (χ3n) is 5.45. The summed E-state index contributed by atoms with van der Waals surface area (Å²) in [5.41, 5.74) is 1.14. The van der Waals surface area contributed by atoms with Crippen LogP contribution in [0.15, 0.2) is 103 Å². The average molecular weight is 380 g/mol. The zero-order valence-electron chi connectivity index (χ0n) is 15.8. The number of rotatable bonds is 4. The highest BCUT2D eigenvalue weighted by Crippen LogP contribution is 2.44. The number of carbonyl (C=O) groups excluding carboxylic acids is 1. The summed E-state index contributed by atoms with van der Waals surface area (Å²) in [6, 6.07) is 33.1. The van der Waals surface area contributed by atoms with Crippen molar-refractivity contribution >= 4 is 16.6 Å². The molecule has 29 heavy (non-hydrogen) atoms. The first-order valence-electron chi connectivity index (χ1n) is 9.70. The zero-order chi connectivity index (χ0) is 19.7. The van der Waals surface area contributed by atoms with E-state index in [1.165, 1.54) is 0 Å². The maximum absolute atomic E-state index is 13.8. The normalized spacial score (nSPS) is 21.3. The van der Waals surface area contributed by atoms with Gasteiger partial charge in [0.25, 0.3) is 0 Å². The van der Waals surface area contributed by atoms with Crippen LogP contribution in [-0.2, 0) is 15.1 Å². The number of ether oxygens (including phenoxy) is 2. The highest BCUT2D eigenvalue weighted by atomic mass is 16.7. The van der Waals surface area contributed by atoms with E-state index in [9.17, 15) is 4.79 Å². The molecule has 0 radical (unpaired) electrons. The number of ketones is 1. The minimum absolute atomic E-state index is 0.0899. The Hall–Kier alpha value is -3.27. The van der Waals surface area contributed by atoms with Crippen LogP contribution < -0.4 is 0 Å². The summed E-state index contributed by atoms with van der Waals surface area (Å²) >= 11 is 0.